The third-order valence-electron chi connectivity index (χ3n) is 4.72. The van der Waals surface area contributed by atoms with Crippen LogP contribution in [0.4, 0.5) is 18.9 Å². The van der Waals surface area contributed by atoms with E-state index >= 15 is 0 Å². The predicted octanol–water partition coefficient (Wildman–Crippen LogP) is 3.34. The number of hydrogen-bond acceptors (Lipinski definition) is 4. The Morgan fingerprint density at radius 2 is 1.71 bits per heavy atom. The molecule has 5 nitrogen and oxygen atoms in total. The van der Waals surface area contributed by atoms with Crippen molar-refractivity contribution in [1.29, 1.82) is 0 Å². The third kappa shape index (κ3) is 8.58. The molecule has 0 atom stereocenters. The first-order valence-corrected chi connectivity index (χ1v) is 9.72. The number of alkyl halides is 3. The molecular formula is C20H30F3N3O2. The van der Waals surface area contributed by atoms with E-state index in [-0.39, 0.29) is 12.5 Å². The maximum Gasteiger partial charge on any atom is 0.411 e. The second-order valence-electron chi connectivity index (χ2n) is 7.46. The molecule has 0 saturated carbocycles. The lowest BCUT2D eigenvalue weighted by molar-refractivity contribution is -0.174. The zero-order valence-corrected chi connectivity index (χ0v) is 16.6. The molecule has 0 radical (unpaired) electrons. The molecule has 28 heavy (non-hydrogen) atoms. The van der Waals surface area contributed by atoms with Crippen LogP contribution in [0, 0.1) is 0 Å². The molecule has 2 rings (SSSR count). The molecule has 1 aliphatic rings. The highest BCUT2D eigenvalue weighted by atomic mass is 19.4. The smallest absolute Gasteiger partial charge is 0.372 e. The Labute approximate surface area is 164 Å². The van der Waals surface area contributed by atoms with E-state index in [1.165, 1.54) is 5.56 Å². The average molecular weight is 401 g/mol. The van der Waals surface area contributed by atoms with Gasteiger partial charge >= 0.3 is 6.18 Å². The van der Waals surface area contributed by atoms with Gasteiger partial charge in [0.25, 0.3) is 0 Å². The van der Waals surface area contributed by atoms with Gasteiger partial charge in [0.1, 0.15) is 6.61 Å². The molecule has 158 valence electrons. The molecule has 8 heteroatoms. The lowest BCUT2D eigenvalue weighted by Crippen LogP contribution is -2.48. The summed E-state index contributed by atoms with van der Waals surface area (Å²) in [6.45, 7) is 7.37. The van der Waals surface area contributed by atoms with Crippen LogP contribution in [0.1, 0.15) is 31.7 Å². The molecule has 1 heterocycles. The summed E-state index contributed by atoms with van der Waals surface area (Å²) in [6.07, 6.45) is -3.69. The quantitative estimate of drug-likeness (QED) is 0.645. The molecule has 1 fully saturated rings. The lowest BCUT2D eigenvalue weighted by atomic mass is 10.0. The van der Waals surface area contributed by atoms with Gasteiger partial charge in [0.05, 0.1) is 6.54 Å². The predicted molar refractivity (Wildman–Crippen MR) is 104 cm³/mol. The Kier molecular flexibility index (Phi) is 8.72. The molecule has 0 spiro atoms. The van der Waals surface area contributed by atoms with Gasteiger partial charge in [-0.3, -0.25) is 9.69 Å². The minimum atomic E-state index is -4.26. The summed E-state index contributed by atoms with van der Waals surface area (Å²) in [5.74, 6) is 0.420. The van der Waals surface area contributed by atoms with Crippen molar-refractivity contribution < 1.29 is 22.7 Å². The number of carbonyl (C=O) groups excluding carboxylic acids is 1. The van der Waals surface area contributed by atoms with Crippen molar-refractivity contribution in [2.45, 2.75) is 32.4 Å². The molecule has 1 saturated heterocycles. The van der Waals surface area contributed by atoms with Crippen LogP contribution in [-0.4, -0.2) is 74.4 Å². The molecule has 1 aromatic carbocycles. The number of hydrogen-bond donors (Lipinski definition) is 1. The number of rotatable bonds is 9. The van der Waals surface area contributed by atoms with Gasteiger partial charge in [0.2, 0.25) is 5.91 Å². The van der Waals surface area contributed by atoms with E-state index in [1.54, 1.807) is 0 Å². The van der Waals surface area contributed by atoms with Crippen LogP contribution < -0.4 is 5.32 Å². The highest BCUT2D eigenvalue weighted by molar-refractivity contribution is 5.92. The minimum Gasteiger partial charge on any atom is -0.372 e. The molecule has 1 aliphatic heterocycles. The molecule has 1 aromatic rings. The first-order valence-electron chi connectivity index (χ1n) is 9.72. The fraction of sp³-hybridized carbons (Fsp3) is 0.650. The van der Waals surface area contributed by atoms with Crippen LogP contribution in [0.15, 0.2) is 24.3 Å². The largest absolute Gasteiger partial charge is 0.411 e. The monoisotopic (exact) mass is 401 g/mol. The van der Waals surface area contributed by atoms with E-state index < -0.39 is 12.8 Å². The second kappa shape index (κ2) is 10.8. The zero-order valence-electron chi connectivity index (χ0n) is 16.6. The SMILES string of the molecule is CC(C)c1ccc(NC(=O)CN2CCN(CCCOCC(F)(F)F)CC2)cc1. The first-order chi connectivity index (χ1) is 13.2. The molecule has 1 N–H and O–H groups in total. The van der Waals surface area contributed by atoms with E-state index in [9.17, 15) is 18.0 Å². The van der Waals surface area contributed by atoms with Crippen molar-refractivity contribution in [2.75, 3.05) is 57.8 Å². The number of piperazine rings is 1. The van der Waals surface area contributed by atoms with E-state index in [0.29, 0.717) is 25.4 Å². The van der Waals surface area contributed by atoms with Crippen LogP contribution in [-0.2, 0) is 9.53 Å². The summed E-state index contributed by atoms with van der Waals surface area (Å²) in [5.41, 5.74) is 2.03. The standard InChI is InChI=1S/C20H30F3N3O2/c1-16(2)17-4-6-18(7-5-17)24-19(27)14-26-11-9-25(10-12-26)8-3-13-28-15-20(21,22)23/h4-7,16H,3,8-15H2,1-2H3,(H,24,27). The topological polar surface area (TPSA) is 44.8 Å². The molecule has 1 amide bonds. The maximum absolute atomic E-state index is 12.2. The number of ether oxygens (including phenoxy) is 1. The van der Waals surface area contributed by atoms with Crippen molar-refractivity contribution in [3.05, 3.63) is 29.8 Å². The molecule has 0 aliphatic carbocycles. The summed E-state index contributed by atoms with van der Waals surface area (Å²) in [7, 11) is 0. The van der Waals surface area contributed by atoms with Crippen LogP contribution in [0.5, 0.6) is 0 Å². The number of anilines is 1. The summed E-state index contributed by atoms with van der Waals surface area (Å²) in [6, 6.07) is 7.90. The van der Waals surface area contributed by atoms with Crippen molar-refractivity contribution in [3.8, 4) is 0 Å². The van der Waals surface area contributed by atoms with Gasteiger partial charge in [-0.05, 0) is 30.0 Å². The number of amides is 1. The fourth-order valence-corrected chi connectivity index (χ4v) is 3.10. The lowest BCUT2D eigenvalue weighted by Gasteiger charge is -2.34. The summed E-state index contributed by atoms with van der Waals surface area (Å²) in [4.78, 5) is 16.5. The highest BCUT2D eigenvalue weighted by Crippen LogP contribution is 2.17. The Hall–Kier alpha value is -1.64. The van der Waals surface area contributed by atoms with Crippen molar-refractivity contribution in [2.24, 2.45) is 0 Å². The van der Waals surface area contributed by atoms with E-state index in [4.69, 9.17) is 0 Å². The Balaban J connectivity index is 1.60. The van der Waals surface area contributed by atoms with E-state index in [2.05, 4.69) is 33.7 Å². The Morgan fingerprint density at radius 3 is 2.29 bits per heavy atom. The normalized spacial score (nSPS) is 16.5. The maximum atomic E-state index is 12.2. The Bertz CT molecular complexity index is 598. The van der Waals surface area contributed by atoms with Gasteiger partial charge < -0.3 is 15.0 Å². The number of carbonyl (C=O) groups is 1. The summed E-state index contributed by atoms with van der Waals surface area (Å²) in [5, 5.41) is 2.92. The molecule has 0 bridgehead atoms. The molecule has 0 unspecified atom stereocenters. The fourth-order valence-electron chi connectivity index (χ4n) is 3.10. The van der Waals surface area contributed by atoms with Gasteiger partial charge in [0, 0.05) is 45.0 Å². The molecule has 0 aromatic heterocycles. The zero-order chi connectivity index (χ0) is 20.6. The average Bonchev–Trinajstić information content (AvgIpc) is 2.62. The minimum absolute atomic E-state index is 0.0358. The van der Waals surface area contributed by atoms with Gasteiger partial charge in [-0.2, -0.15) is 13.2 Å². The summed E-state index contributed by atoms with van der Waals surface area (Å²) >= 11 is 0. The van der Waals surface area contributed by atoms with Crippen molar-refractivity contribution in [1.82, 2.24) is 9.80 Å². The third-order valence-corrected chi connectivity index (χ3v) is 4.72. The van der Waals surface area contributed by atoms with Crippen molar-refractivity contribution in [3.63, 3.8) is 0 Å². The number of benzene rings is 1. The van der Waals surface area contributed by atoms with Crippen LogP contribution in [0.25, 0.3) is 0 Å². The Morgan fingerprint density at radius 1 is 1.11 bits per heavy atom. The molecular weight excluding hydrogens is 371 g/mol. The number of nitrogens with one attached hydrogen (secondary N) is 1. The van der Waals surface area contributed by atoms with Gasteiger partial charge in [-0.25, -0.2) is 0 Å². The number of nitrogens with zero attached hydrogens (tertiary/aromatic N) is 2. The van der Waals surface area contributed by atoms with Crippen molar-refractivity contribution >= 4 is 11.6 Å². The van der Waals surface area contributed by atoms with Gasteiger partial charge in [0.15, 0.2) is 0 Å². The van der Waals surface area contributed by atoms with Crippen LogP contribution >= 0.6 is 0 Å². The summed E-state index contributed by atoms with van der Waals surface area (Å²) < 4.78 is 40.6. The second-order valence-corrected chi connectivity index (χ2v) is 7.46. The van der Waals surface area contributed by atoms with E-state index in [1.807, 2.05) is 24.3 Å². The van der Waals surface area contributed by atoms with Gasteiger partial charge in [-0.1, -0.05) is 26.0 Å². The van der Waals surface area contributed by atoms with Gasteiger partial charge in [-0.15, -0.1) is 0 Å². The van der Waals surface area contributed by atoms with Crippen LogP contribution in [0.3, 0.4) is 0 Å². The highest BCUT2D eigenvalue weighted by Gasteiger charge is 2.27. The van der Waals surface area contributed by atoms with Crippen LogP contribution in [0.2, 0.25) is 0 Å². The van der Waals surface area contributed by atoms with E-state index in [0.717, 1.165) is 31.9 Å². The number of halogens is 3. The first kappa shape index (κ1) is 22.6.